The van der Waals surface area contributed by atoms with Gasteiger partial charge in [-0.1, -0.05) is 30.3 Å². The van der Waals surface area contributed by atoms with Crippen LogP contribution in [0.15, 0.2) is 51.7 Å². The zero-order chi connectivity index (χ0) is 23.5. The lowest BCUT2D eigenvalue weighted by Crippen LogP contribution is -2.47. The summed E-state index contributed by atoms with van der Waals surface area (Å²) in [5, 5.41) is 4.03. The number of likely N-dealkylation sites (tertiary alicyclic amines) is 1. The molecule has 1 aromatic heterocycles. The Kier molecular flexibility index (Phi) is 6.84. The molecule has 6 heteroatoms. The fourth-order valence-electron chi connectivity index (χ4n) is 4.39. The van der Waals surface area contributed by atoms with Crippen LogP contribution in [-0.2, 0) is 11.3 Å². The number of ether oxygens (including phenoxy) is 1. The standard InChI is InChI=1S/C27H32N2O4/c1-17-18(2)27(31)33-25-19(3)24(11-10-23(17)25)32-20(4)26(30)28-22-12-14-29(15-13-22)16-21-8-6-5-7-9-21/h5-11,20,22H,12-16H2,1-4H3,(H,28,30)/t20-/m0/s1. The number of amides is 1. The highest BCUT2D eigenvalue weighted by Gasteiger charge is 2.24. The van der Waals surface area contributed by atoms with Crippen LogP contribution < -0.4 is 15.7 Å². The Balaban J connectivity index is 1.34. The maximum atomic E-state index is 12.8. The van der Waals surface area contributed by atoms with Gasteiger partial charge in [0.25, 0.3) is 5.91 Å². The van der Waals surface area contributed by atoms with E-state index in [4.69, 9.17) is 9.15 Å². The molecule has 1 amide bonds. The number of rotatable bonds is 6. The number of nitrogens with zero attached hydrogens (tertiary/aromatic N) is 1. The molecule has 1 fully saturated rings. The molecule has 174 valence electrons. The lowest BCUT2D eigenvalue weighted by molar-refractivity contribution is -0.128. The third kappa shape index (κ3) is 5.11. The summed E-state index contributed by atoms with van der Waals surface area (Å²) < 4.78 is 11.5. The quantitative estimate of drug-likeness (QED) is 0.571. The van der Waals surface area contributed by atoms with Crippen LogP contribution in [0.4, 0.5) is 0 Å². The summed E-state index contributed by atoms with van der Waals surface area (Å²) in [6.07, 6.45) is 1.19. The van der Waals surface area contributed by atoms with Gasteiger partial charge in [-0.05, 0) is 63.8 Å². The minimum atomic E-state index is -0.651. The van der Waals surface area contributed by atoms with E-state index in [0.29, 0.717) is 16.9 Å². The Labute approximate surface area is 194 Å². The fourth-order valence-corrected chi connectivity index (χ4v) is 4.39. The number of piperidine rings is 1. The number of hydrogen-bond donors (Lipinski definition) is 1. The summed E-state index contributed by atoms with van der Waals surface area (Å²) >= 11 is 0. The lowest BCUT2D eigenvalue weighted by atomic mass is 10.0. The fraction of sp³-hybridized carbons (Fsp3) is 0.407. The number of carbonyl (C=O) groups is 1. The molecule has 0 unspecified atom stereocenters. The SMILES string of the molecule is Cc1c(C)c2ccc(O[C@@H](C)C(=O)NC3CCN(Cc4ccccc4)CC3)c(C)c2oc1=O. The summed E-state index contributed by atoms with van der Waals surface area (Å²) in [4.78, 5) is 27.3. The van der Waals surface area contributed by atoms with Crippen molar-refractivity contribution in [1.29, 1.82) is 0 Å². The normalized spacial score (nSPS) is 16.0. The molecule has 4 rings (SSSR count). The Hall–Kier alpha value is -3.12. The molecule has 1 saturated heterocycles. The molecule has 2 heterocycles. The van der Waals surface area contributed by atoms with E-state index in [-0.39, 0.29) is 17.6 Å². The highest BCUT2D eigenvalue weighted by atomic mass is 16.5. The molecule has 1 N–H and O–H groups in total. The number of benzene rings is 2. The van der Waals surface area contributed by atoms with Gasteiger partial charge < -0.3 is 14.5 Å². The van der Waals surface area contributed by atoms with Crippen molar-refractivity contribution in [2.45, 2.75) is 59.2 Å². The summed E-state index contributed by atoms with van der Waals surface area (Å²) in [5.41, 5.74) is 3.72. The van der Waals surface area contributed by atoms with Crippen molar-refractivity contribution < 1.29 is 13.9 Å². The van der Waals surface area contributed by atoms with Crippen molar-refractivity contribution in [2.75, 3.05) is 13.1 Å². The Morgan fingerprint density at radius 1 is 1.06 bits per heavy atom. The average molecular weight is 449 g/mol. The molecular weight excluding hydrogens is 416 g/mol. The molecule has 33 heavy (non-hydrogen) atoms. The van der Waals surface area contributed by atoms with E-state index in [1.54, 1.807) is 13.8 Å². The van der Waals surface area contributed by atoms with Gasteiger partial charge in [0.05, 0.1) is 0 Å². The maximum Gasteiger partial charge on any atom is 0.339 e. The summed E-state index contributed by atoms with van der Waals surface area (Å²) in [7, 11) is 0. The molecule has 0 saturated carbocycles. The van der Waals surface area contributed by atoms with Gasteiger partial charge in [-0.3, -0.25) is 9.69 Å². The van der Waals surface area contributed by atoms with E-state index in [0.717, 1.165) is 49.0 Å². The molecule has 1 aliphatic rings. The first-order valence-corrected chi connectivity index (χ1v) is 11.6. The zero-order valence-electron chi connectivity index (χ0n) is 19.8. The van der Waals surface area contributed by atoms with Crippen molar-refractivity contribution in [1.82, 2.24) is 10.2 Å². The lowest BCUT2D eigenvalue weighted by Gasteiger charge is -2.33. The molecule has 0 radical (unpaired) electrons. The van der Waals surface area contributed by atoms with E-state index in [9.17, 15) is 9.59 Å². The maximum absolute atomic E-state index is 12.8. The minimum Gasteiger partial charge on any atom is -0.480 e. The number of fused-ring (bicyclic) bond motifs is 1. The summed E-state index contributed by atoms with van der Waals surface area (Å²) in [5.74, 6) is 0.423. The first-order valence-electron chi connectivity index (χ1n) is 11.6. The highest BCUT2D eigenvalue weighted by Crippen LogP contribution is 2.30. The van der Waals surface area contributed by atoms with Crippen molar-refractivity contribution in [2.24, 2.45) is 0 Å². The van der Waals surface area contributed by atoms with Crippen molar-refractivity contribution in [3.63, 3.8) is 0 Å². The molecule has 0 spiro atoms. The molecule has 0 bridgehead atoms. The van der Waals surface area contributed by atoms with E-state index in [1.165, 1.54) is 5.56 Å². The first kappa shape index (κ1) is 23.1. The van der Waals surface area contributed by atoms with Gasteiger partial charge in [0, 0.05) is 42.2 Å². The van der Waals surface area contributed by atoms with Gasteiger partial charge >= 0.3 is 5.63 Å². The predicted octanol–water partition coefficient (Wildman–Crippen LogP) is 4.27. The molecule has 3 aromatic rings. The number of hydrogen-bond acceptors (Lipinski definition) is 5. The van der Waals surface area contributed by atoms with Crippen molar-refractivity contribution in [3.8, 4) is 5.75 Å². The second-order valence-corrected chi connectivity index (χ2v) is 9.01. The second kappa shape index (κ2) is 9.79. The Morgan fingerprint density at radius 3 is 2.45 bits per heavy atom. The van der Waals surface area contributed by atoms with Crippen LogP contribution >= 0.6 is 0 Å². The van der Waals surface area contributed by atoms with E-state index < -0.39 is 6.10 Å². The van der Waals surface area contributed by atoms with Gasteiger partial charge in [-0.2, -0.15) is 0 Å². The largest absolute Gasteiger partial charge is 0.480 e. The summed E-state index contributed by atoms with van der Waals surface area (Å²) in [6.45, 7) is 10.1. The number of carbonyl (C=O) groups excluding carboxylic acids is 1. The van der Waals surface area contributed by atoms with Gasteiger partial charge in [0.2, 0.25) is 0 Å². The van der Waals surface area contributed by atoms with Crippen LogP contribution in [0.1, 0.15) is 42.0 Å². The van der Waals surface area contributed by atoms with Crippen LogP contribution in [-0.4, -0.2) is 36.0 Å². The first-order chi connectivity index (χ1) is 15.8. The molecule has 0 aliphatic carbocycles. The third-order valence-corrected chi connectivity index (χ3v) is 6.68. The van der Waals surface area contributed by atoms with Gasteiger partial charge in [-0.25, -0.2) is 4.79 Å². The van der Waals surface area contributed by atoms with E-state index in [1.807, 2.05) is 32.0 Å². The van der Waals surface area contributed by atoms with Crippen LogP contribution in [0.5, 0.6) is 5.75 Å². The third-order valence-electron chi connectivity index (χ3n) is 6.68. The summed E-state index contributed by atoms with van der Waals surface area (Å²) in [6, 6.07) is 14.3. The minimum absolute atomic E-state index is 0.127. The van der Waals surface area contributed by atoms with Gasteiger partial charge in [0.15, 0.2) is 6.10 Å². The number of aryl methyl sites for hydroxylation is 2. The van der Waals surface area contributed by atoms with Crippen molar-refractivity contribution in [3.05, 3.63) is 75.1 Å². The average Bonchev–Trinajstić information content (AvgIpc) is 2.81. The van der Waals surface area contributed by atoms with Crippen LogP contribution in [0.2, 0.25) is 0 Å². The molecular formula is C27H32N2O4. The number of nitrogens with one attached hydrogen (secondary N) is 1. The molecule has 6 nitrogen and oxygen atoms in total. The second-order valence-electron chi connectivity index (χ2n) is 9.01. The Bertz CT molecular complexity index is 1190. The van der Waals surface area contributed by atoms with Crippen LogP contribution in [0.3, 0.4) is 0 Å². The topological polar surface area (TPSA) is 71.8 Å². The molecule has 2 aromatic carbocycles. The molecule has 1 aliphatic heterocycles. The van der Waals surface area contributed by atoms with Crippen LogP contribution in [0.25, 0.3) is 11.0 Å². The Morgan fingerprint density at radius 2 is 1.76 bits per heavy atom. The highest BCUT2D eigenvalue weighted by molar-refractivity contribution is 5.86. The van der Waals surface area contributed by atoms with Crippen LogP contribution in [0, 0.1) is 20.8 Å². The smallest absolute Gasteiger partial charge is 0.339 e. The zero-order valence-corrected chi connectivity index (χ0v) is 19.8. The van der Waals surface area contributed by atoms with E-state index >= 15 is 0 Å². The van der Waals surface area contributed by atoms with Crippen molar-refractivity contribution >= 4 is 16.9 Å². The van der Waals surface area contributed by atoms with Gasteiger partial charge in [-0.15, -0.1) is 0 Å². The predicted molar refractivity (Wildman–Crippen MR) is 130 cm³/mol. The molecule has 1 atom stereocenters. The monoisotopic (exact) mass is 448 g/mol. The van der Waals surface area contributed by atoms with Gasteiger partial charge in [0.1, 0.15) is 11.3 Å². The van der Waals surface area contributed by atoms with E-state index in [2.05, 4.69) is 34.5 Å².